The maximum atomic E-state index is 13.5. The van der Waals surface area contributed by atoms with Crippen molar-refractivity contribution in [1.29, 1.82) is 0 Å². The molecule has 25 heavy (non-hydrogen) atoms. The minimum atomic E-state index is -0.824. The van der Waals surface area contributed by atoms with Crippen LogP contribution in [0.15, 0.2) is 30.3 Å². The molecule has 6 nitrogen and oxygen atoms in total. The molecule has 3 rings (SSSR count). The molecule has 0 N–H and O–H groups in total. The van der Waals surface area contributed by atoms with Gasteiger partial charge in [0.05, 0.1) is 5.69 Å². The van der Waals surface area contributed by atoms with E-state index in [0.29, 0.717) is 26.2 Å². The molecule has 1 aromatic carbocycles. The Labute approximate surface area is 144 Å². The van der Waals surface area contributed by atoms with Crippen molar-refractivity contribution in [3.63, 3.8) is 0 Å². The van der Waals surface area contributed by atoms with E-state index < -0.39 is 11.6 Å². The fourth-order valence-electron chi connectivity index (χ4n) is 2.57. The van der Waals surface area contributed by atoms with Crippen LogP contribution in [0.2, 0.25) is 0 Å². The summed E-state index contributed by atoms with van der Waals surface area (Å²) in [4.78, 5) is 15.9. The molecule has 0 bridgehead atoms. The van der Waals surface area contributed by atoms with Crippen molar-refractivity contribution >= 4 is 11.7 Å². The molecule has 0 saturated carbocycles. The zero-order valence-corrected chi connectivity index (χ0v) is 13.8. The quantitative estimate of drug-likeness (QED) is 0.843. The average molecular weight is 348 g/mol. The van der Waals surface area contributed by atoms with E-state index in [2.05, 4.69) is 15.1 Å². The van der Waals surface area contributed by atoms with Gasteiger partial charge in [-0.15, -0.1) is 5.10 Å². The minimum Gasteiger partial charge on any atom is -0.481 e. The third kappa shape index (κ3) is 4.20. The first-order chi connectivity index (χ1) is 12.0. The number of aryl methyl sites for hydroxylation is 1. The van der Waals surface area contributed by atoms with Gasteiger partial charge in [-0.05, 0) is 31.2 Å². The molecular formula is C17H18F2N4O2. The summed E-state index contributed by atoms with van der Waals surface area (Å²) in [5.74, 6) is -1.11. The number of anilines is 1. The van der Waals surface area contributed by atoms with Crippen LogP contribution in [0.5, 0.6) is 5.75 Å². The normalized spacial score (nSPS) is 14.5. The fraction of sp³-hybridized carbons (Fsp3) is 0.353. The summed E-state index contributed by atoms with van der Waals surface area (Å²) in [6.07, 6.45) is 0. The van der Waals surface area contributed by atoms with Crippen LogP contribution < -0.4 is 9.64 Å². The van der Waals surface area contributed by atoms with Crippen molar-refractivity contribution in [2.45, 2.75) is 6.92 Å². The number of piperazine rings is 1. The summed E-state index contributed by atoms with van der Waals surface area (Å²) >= 11 is 0. The van der Waals surface area contributed by atoms with Gasteiger partial charge in [0, 0.05) is 32.2 Å². The van der Waals surface area contributed by atoms with Gasteiger partial charge < -0.3 is 14.5 Å². The minimum absolute atomic E-state index is 0.136. The number of benzene rings is 1. The van der Waals surface area contributed by atoms with E-state index >= 15 is 0 Å². The number of ether oxygens (including phenoxy) is 1. The van der Waals surface area contributed by atoms with Gasteiger partial charge in [0.15, 0.2) is 24.0 Å². The Balaban J connectivity index is 1.50. The second kappa shape index (κ2) is 7.42. The highest BCUT2D eigenvalue weighted by Gasteiger charge is 2.22. The summed E-state index contributed by atoms with van der Waals surface area (Å²) < 4.78 is 31.5. The van der Waals surface area contributed by atoms with E-state index in [-0.39, 0.29) is 18.3 Å². The monoisotopic (exact) mass is 348 g/mol. The van der Waals surface area contributed by atoms with Crippen molar-refractivity contribution in [2.75, 3.05) is 37.7 Å². The Kier molecular flexibility index (Phi) is 5.06. The van der Waals surface area contributed by atoms with E-state index in [1.54, 1.807) is 4.90 Å². The molecule has 2 heterocycles. The maximum Gasteiger partial charge on any atom is 0.260 e. The van der Waals surface area contributed by atoms with Gasteiger partial charge in [0.2, 0.25) is 0 Å². The molecule has 1 aliphatic heterocycles. The number of hydrogen-bond acceptors (Lipinski definition) is 5. The lowest BCUT2D eigenvalue weighted by Gasteiger charge is -2.35. The van der Waals surface area contributed by atoms with Gasteiger partial charge >= 0.3 is 0 Å². The topological polar surface area (TPSA) is 58.6 Å². The van der Waals surface area contributed by atoms with E-state index in [4.69, 9.17) is 4.74 Å². The number of amides is 1. The molecular weight excluding hydrogens is 330 g/mol. The lowest BCUT2D eigenvalue weighted by atomic mass is 10.3. The Morgan fingerprint density at radius 3 is 2.52 bits per heavy atom. The molecule has 0 radical (unpaired) electrons. The van der Waals surface area contributed by atoms with Crippen LogP contribution in [0.1, 0.15) is 5.69 Å². The number of hydrogen-bond donors (Lipinski definition) is 0. The van der Waals surface area contributed by atoms with Crippen LogP contribution in [0.3, 0.4) is 0 Å². The summed E-state index contributed by atoms with van der Waals surface area (Å²) in [7, 11) is 0. The van der Waals surface area contributed by atoms with Crippen molar-refractivity contribution in [3.05, 3.63) is 47.7 Å². The van der Waals surface area contributed by atoms with Crippen LogP contribution in [-0.4, -0.2) is 53.8 Å². The summed E-state index contributed by atoms with van der Waals surface area (Å²) in [5, 5.41) is 8.17. The van der Waals surface area contributed by atoms with Crippen molar-refractivity contribution in [3.8, 4) is 5.75 Å². The predicted octanol–water partition coefficient (Wildman–Crippen LogP) is 1.79. The molecule has 0 spiro atoms. The van der Waals surface area contributed by atoms with Crippen LogP contribution in [0.4, 0.5) is 14.6 Å². The Morgan fingerprint density at radius 1 is 1.12 bits per heavy atom. The summed E-state index contributed by atoms with van der Waals surface area (Å²) in [6.45, 7) is 3.89. The fourth-order valence-corrected chi connectivity index (χ4v) is 2.57. The molecule has 2 aromatic rings. The Bertz CT molecular complexity index is 747. The lowest BCUT2D eigenvalue weighted by molar-refractivity contribution is -0.133. The predicted molar refractivity (Wildman–Crippen MR) is 87.4 cm³/mol. The van der Waals surface area contributed by atoms with Crippen molar-refractivity contribution in [1.82, 2.24) is 15.1 Å². The number of halogens is 2. The molecule has 1 amide bonds. The third-order valence-corrected chi connectivity index (χ3v) is 3.99. The second-order valence-electron chi connectivity index (χ2n) is 5.76. The smallest absolute Gasteiger partial charge is 0.260 e. The number of nitrogens with zero attached hydrogens (tertiary/aromatic N) is 4. The van der Waals surface area contributed by atoms with Crippen LogP contribution in [0, 0.1) is 18.6 Å². The van der Waals surface area contributed by atoms with Crippen molar-refractivity contribution < 1.29 is 18.3 Å². The first-order valence-corrected chi connectivity index (χ1v) is 7.94. The number of carbonyl (C=O) groups is 1. The van der Waals surface area contributed by atoms with Gasteiger partial charge in [-0.25, -0.2) is 8.78 Å². The van der Waals surface area contributed by atoms with Gasteiger partial charge in [-0.2, -0.15) is 5.10 Å². The number of rotatable bonds is 4. The standard InChI is InChI=1S/C17H18F2N4O2/c1-12-2-5-16(21-20-12)22-6-8-23(9-7-22)17(24)11-25-15-4-3-13(18)10-14(15)19/h2-5,10H,6-9,11H2,1H3. The molecule has 0 atom stereocenters. The molecule has 0 unspecified atom stereocenters. The molecule has 1 fully saturated rings. The van der Waals surface area contributed by atoms with E-state index in [9.17, 15) is 13.6 Å². The first-order valence-electron chi connectivity index (χ1n) is 7.94. The highest BCUT2D eigenvalue weighted by molar-refractivity contribution is 5.78. The zero-order chi connectivity index (χ0) is 17.8. The molecule has 132 valence electrons. The highest BCUT2D eigenvalue weighted by Crippen LogP contribution is 2.18. The molecule has 1 saturated heterocycles. The largest absolute Gasteiger partial charge is 0.481 e. The van der Waals surface area contributed by atoms with Gasteiger partial charge in [0.25, 0.3) is 5.91 Å². The lowest BCUT2D eigenvalue weighted by Crippen LogP contribution is -2.50. The van der Waals surface area contributed by atoms with Crippen LogP contribution in [-0.2, 0) is 4.79 Å². The zero-order valence-electron chi connectivity index (χ0n) is 13.8. The second-order valence-corrected chi connectivity index (χ2v) is 5.76. The van der Waals surface area contributed by atoms with Gasteiger partial charge in [-0.3, -0.25) is 4.79 Å². The molecule has 8 heteroatoms. The molecule has 0 aliphatic carbocycles. The highest BCUT2D eigenvalue weighted by atomic mass is 19.1. The number of aromatic nitrogens is 2. The van der Waals surface area contributed by atoms with Gasteiger partial charge in [-0.1, -0.05) is 0 Å². The summed E-state index contributed by atoms with van der Waals surface area (Å²) in [6, 6.07) is 6.78. The number of carbonyl (C=O) groups excluding carboxylic acids is 1. The molecule has 1 aliphatic rings. The Hall–Kier alpha value is -2.77. The van der Waals surface area contributed by atoms with Gasteiger partial charge in [0.1, 0.15) is 5.82 Å². The van der Waals surface area contributed by atoms with E-state index in [1.165, 1.54) is 6.07 Å². The summed E-state index contributed by atoms with van der Waals surface area (Å²) in [5.41, 5.74) is 0.850. The Morgan fingerprint density at radius 2 is 1.88 bits per heavy atom. The molecule has 1 aromatic heterocycles. The average Bonchev–Trinajstić information content (AvgIpc) is 2.61. The van der Waals surface area contributed by atoms with E-state index in [1.807, 2.05) is 19.1 Å². The van der Waals surface area contributed by atoms with E-state index in [0.717, 1.165) is 23.6 Å². The maximum absolute atomic E-state index is 13.5. The first kappa shape index (κ1) is 17.1. The van der Waals surface area contributed by atoms with Crippen molar-refractivity contribution in [2.24, 2.45) is 0 Å². The van der Waals surface area contributed by atoms with Crippen LogP contribution >= 0.6 is 0 Å². The third-order valence-electron chi connectivity index (χ3n) is 3.99. The van der Waals surface area contributed by atoms with Crippen LogP contribution in [0.25, 0.3) is 0 Å². The SMILES string of the molecule is Cc1ccc(N2CCN(C(=O)COc3ccc(F)cc3F)CC2)nn1.